The summed E-state index contributed by atoms with van der Waals surface area (Å²) in [6.07, 6.45) is 2.96. The second-order valence-corrected chi connectivity index (χ2v) is 10.9. The summed E-state index contributed by atoms with van der Waals surface area (Å²) in [5, 5.41) is 14.2. The first-order valence-corrected chi connectivity index (χ1v) is 14.1. The van der Waals surface area contributed by atoms with Gasteiger partial charge in [-0.25, -0.2) is 8.42 Å². The third-order valence-electron chi connectivity index (χ3n) is 6.17. The highest BCUT2D eigenvalue weighted by Crippen LogP contribution is 2.28. The molecule has 2 rings (SSSR count). The SMILES string of the molecule is CCCCNC(=O)C(CC)N(Cc1ccccc1C)C(=O)CN(c1cc([N+](=O)[O-])ccc1C)S(C)(=O)=O. The number of non-ortho nitro benzene ring substituents is 1. The fourth-order valence-corrected chi connectivity index (χ4v) is 4.87. The molecule has 2 amide bonds. The lowest BCUT2D eigenvalue weighted by atomic mass is 10.1. The van der Waals surface area contributed by atoms with E-state index in [0.29, 0.717) is 18.5 Å². The van der Waals surface area contributed by atoms with Gasteiger partial charge in [0.2, 0.25) is 21.8 Å². The Hall–Kier alpha value is -3.47. The molecule has 202 valence electrons. The third kappa shape index (κ3) is 8.01. The van der Waals surface area contributed by atoms with Crippen molar-refractivity contribution in [2.45, 2.75) is 59.5 Å². The Labute approximate surface area is 218 Å². The van der Waals surface area contributed by atoms with Crippen LogP contribution >= 0.6 is 0 Å². The summed E-state index contributed by atoms with van der Waals surface area (Å²) >= 11 is 0. The second kappa shape index (κ2) is 13.2. The minimum Gasteiger partial charge on any atom is -0.354 e. The summed E-state index contributed by atoms with van der Waals surface area (Å²) < 4.78 is 26.4. The lowest BCUT2D eigenvalue weighted by molar-refractivity contribution is -0.384. The zero-order valence-electron chi connectivity index (χ0n) is 22.1. The molecule has 0 heterocycles. The van der Waals surface area contributed by atoms with Crippen LogP contribution in [0.15, 0.2) is 42.5 Å². The van der Waals surface area contributed by atoms with Crippen LogP contribution in [-0.4, -0.2) is 55.4 Å². The molecule has 10 nitrogen and oxygen atoms in total. The number of nitrogens with zero attached hydrogens (tertiary/aromatic N) is 3. The van der Waals surface area contributed by atoms with Gasteiger partial charge in [0.25, 0.3) is 5.69 Å². The van der Waals surface area contributed by atoms with E-state index < -0.39 is 33.4 Å². The number of nitro groups is 1. The van der Waals surface area contributed by atoms with E-state index in [-0.39, 0.29) is 23.8 Å². The average molecular weight is 533 g/mol. The molecule has 0 aliphatic heterocycles. The number of aryl methyl sites for hydroxylation is 2. The first-order chi connectivity index (χ1) is 17.4. The summed E-state index contributed by atoms with van der Waals surface area (Å²) in [5.41, 5.74) is 1.96. The third-order valence-corrected chi connectivity index (χ3v) is 7.30. The molecule has 0 aliphatic rings. The lowest BCUT2D eigenvalue weighted by Crippen LogP contribution is -2.52. The van der Waals surface area contributed by atoms with Crippen LogP contribution in [0.25, 0.3) is 0 Å². The monoisotopic (exact) mass is 532 g/mol. The number of hydrogen-bond donors (Lipinski definition) is 1. The molecule has 0 aromatic heterocycles. The highest BCUT2D eigenvalue weighted by atomic mass is 32.2. The molecule has 11 heteroatoms. The molecule has 0 fully saturated rings. The minimum atomic E-state index is -4.00. The van der Waals surface area contributed by atoms with E-state index in [1.807, 2.05) is 38.1 Å². The highest BCUT2D eigenvalue weighted by Gasteiger charge is 2.32. The van der Waals surface area contributed by atoms with Gasteiger partial charge in [0.1, 0.15) is 12.6 Å². The Morgan fingerprint density at radius 1 is 1.08 bits per heavy atom. The number of carbonyl (C=O) groups is 2. The Morgan fingerprint density at radius 3 is 2.32 bits per heavy atom. The number of rotatable bonds is 13. The Morgan fingerprint density at radius 2 is 1.76 bits per heavy atom. The van der Waals surface area contributed by atoms with Gasteiger partial charge in [-0.15, -0.1) is 0 Å². The minimum absolute atomic E-state index is 0.0429. The van der Waals surface area contributed by atoms with Gasteiger partial charge in [0.05, 0.1) is 16.9 Å². The number of hydrogen-bond acceptors (Lipinski definition) is 6. The van der Waals surface area contributed by atoms with Crippen LogP contribution in [0.1, 0.15) is 49.8 Å². The molecule has 0 aliphatic carbocycles. The number of sulfonamides is 1. The van der Waals surface area contributed by atoms with Crippen molar-refractivity contribution >= 4 is 33.2 Å². The molecule has 0 saturated heterocycles. The van der Waals surface area contributed by atoms with Crippen LogP contribution < -0.4 is 9.62 Å². The fourth-order valence-electron chi connectivity index (χ4n) is 3.97. The van der Waals surface area contributed by atoms with Gasteiger partial charge in [0, 0.05) is 25.2 Å². The van der Waals surface area contributed by atoms with Crippen molar-refractivity contribution in [1.82, 2.24) is 10.2 Å². The maximum Gasteiger partial charge on any atom is 0.271 e. The summed E-state index contributed by atoms with van der Waals surface area (Å²) in [6.45, 7) is 7.29. The van der Waals surface area contributed by atoms with Crippen LogP contribution in [0, 0.1) is 24.0 Å². The largest absolute Gasteiger partial charge is 0.354 e. The average Bonchev–Trinajstić information content (AvgIpc) is 2.83. The summed E-state index contributed by atoms with van der Waals surface area (Å²) in [7, 11) is -4.00. The Kier molecular flexibility index (Phi) is 10.6. The molecule has 2 aromatic rings. The summed E-state index contributed by atoms with van der Waals surface area (Å²) in [5.74, 6) is -0.896. The van der Waals surface area contributed by atoms with Crippen molar-refractivity contribution < 1.29 is 22.9 Å². The van der Waals surface area contributed by atoms with E-state index in [1.165, 1.54) is 17.0 Å². The molecular weight excluding hydrogens is 496 g/mol. The predicted octanol–water partition coefficient (Wildman–Crippen LogP) is 3.70. The molecule has 1 N–H and O–H groups in total. The molecule has 1 atom stereocenters. The number of nitro benzene ring substituents is 1. The fraction of sp³-hybridized carbons (Fsp3) is 0.462. The zero-order valence-corrected chi connectivity index (χ0v) is 22.9. The van der Waals surface area contributed by atoms with Crippen molar-refractivity contribution in [2.75, 3.05) is 23.7 Å². The normalized spacial score (nSPS) is 12.0. The van der Waals surface area contributed by atoms with Gasteiger partial charge in [-0.05, 0) is 43.4 Å². The second-order valence-electron chi connectivity index (χ2n) is 9.01. The molecule has 0 bridgehead atoms. The van der Waals surface area contributed by atoms with E-state index >= 15 is 0 Å². The quantitative estimate of drug-likeness (QED) is 0.238. The van der Waals surface area contributed by atoms with E-state index in [4.69, 9.17) is 0 Å². The van der Waals surface area contributed by atoms with Gasteiger partial charge in [-0.2, -0.15) is 0 Å². The molecular formula is C26H36N4O6S. The van der Waals surface area contributed by atoms with Crippen molar-refractivity contribution in [1.29, 1.82) is 0 Å². The van der Waals surface area contributed by atoms with E-state index in [1.54, 1.807) is 13.8 Å². The van der Waals surface area contributed by atoms with Crippen LogP contribution in [-0.2, 0) is 26.2 Å². The molecule has 2 aromatic carbocycles. The van der Waals surface area contributed by atoms with Crippen molar-refractivity contribution in [3.05, 3.63) is 69.3 Å². The maximum absolute atomic E-state index is 13.8. The number of amides is 2. The van der Waals surface area contributed by atoms with Crippen molar-refractivity contribution in [3.63, 3.8) is 0 Å². The zero-order chi connectivity index (χ0) is 27.8. The van der Waals surface area contributed by atoms with Crippen LogP contribution in [0.5, 0.6) is 0 Å². The standard InChI is InChI=1S/C26H36N4O6S/c1-6-8-15-27-26(32)23(7-2)28(17-21-12-10-9-11-19(21)3)25(31)18-29(37(5,35)36)24-16-22(30(33)34)14-13-20(24)4/h9-14,16,23H,6-8,15,17-18H2,1-5H3,(H,27,32). The first kappa shape index (κ1) is 29.8. The number of benzene rings is 2. The van der Waals surface area contributed by atoms with Gasteiger partial charge >= 0.3 is 0 Å². The highest BCUT2D eigenvalue weighted by molar-refractivity contribution is 7.92. The van der Waals surface area contributed by atoms with Crippen molar-refractivity contribution in [2.24, 2.45) is 0 Å². The molecule has 0 spiro atoms. The first-order valence-electron chi connectivity index (χ1n) is 12.2. The lowest BCUT2D eigenvalue weighted by Gasteiger charge is -2.33. The van der Waals surface area contributed by atoms with Gasteiger partial charge in [-0.1, -0.05) is 50.6 Å². The van der Waals surface area contributed by atoms with Crippen LogP contribution in [0.3, 0.4) is 0 Å². The van der Waals surface area contributed by atoms with Gasteiger partial charge in [0.15, 0.2) is 0 Å². The molecule has 0 radical (unpaired) electrons. The maximum atomic E-state index is 13.8. The van der Waals surface area contributed by atoms with Gasteiger partial charge < -0.3 is 10.2 Å². The van der Waals surface area contributed by atoms with E-state index in [2.05, 4.69) is 5.32 Å². The number of nitrogens with one attached hydrogen (secondary N) is 1. The number of carbonyl (C=O) groups excluding carboxylic acids is 2. The topological polar surface area (TPSA) is 130 Å². The summed E-state index contributed by atoms with van der Waals surface area (Å²) in [4.78, 5) is 39.0. The van der Waals surface area contributed by atoms with Crippen molar-refractivity contribution in [3.8, 4) is 0 Å². The molecule has 37 heavy (non-hydrogen) atoms. The predicted molar refractivity (Wildman–Crippen MR) is 144 cm³/mol. The smallest absolute Gasteiger partial charge is 0.271 e. The summed E-state index contributed by atoms with van der Waals surface area (Å²) in [6, 6.07) is 10.5. The molecule has 1 unspecified atom stereocenters. The molecule has 0 saturated carbocycles. The Balaban J connectivity index is 2.51. The van der Waals surface area contributed by atoms with Crippen LogP contribution in [0.4, 0.5) is 11.4 Å². The number of anilines is 1. The van der Waals surface area contributed by atoms with E-state index in [0.717, 1.165) is 40.6 Å². The van der Waals surface area contributed by atoms with Gasteiger partial charge in [-0.3, -0.25) is 24.0 Å². The number of unbranched alkanes of at least 4 members (excludes halogenated alkanes) is 1. The van der Waals surface area contributed by atoms with E-state index in [9.17, 15) is 28.1 Å². The Bertz CT molecular complexity index is 1230. The van der Waals surface area contributed by atoms with Crippen LogP contribution in [0.2, 0.25) is 0 Å².